The second-order valence-corrected chi connectivity index (χ2v) is 6.05. The molecule has 0 atom stereocenters. The Labute approximate surface area is 124 Å². The van der Waals surface area contributed by atoms with Crippen molar-refractivity contribution in [2.45, 2.75) is 13.5 Å². The molecule has 1 nitrogen and oxygen atoms in total. The zero-order valence-corrected chi connectivity index (χ0v) is 13.2. The SMILES string of the molecule is Cc1ccc(CNc2cccc(I)c2)cc1Br. The van der Waals surface area contributed by atoms with Crippen molar-refractivity contribution in [3.05, 3.63) is 61.6 Å². The standard InChI is InChI=1S/C14H13BrIN/c1-10-5-6-11(7-14(10)15)9-17-13-4-2-3-12(16)8-13/h2-8,17H,9H2,1H3. The Bertz CT molecular complexity index is 525. The minimum absolute atomic E-state index is 0.846. The molecule has 0 radical (unpaired) electrons. The van der Waals surface area contributed by atoms with E-state index in [1.165, 1.54) is 19.2 Å². The van der Waals surface area contributed by atoms with E-state index in [-0.39, 0.29) is 0 Å². The van der Waals surface area contributed by atoms with E-state index in [1.54, 1.807) is 0 Å². The Morgan fingerprint density at radius 1 is 1.18 bits per heavy atom. The molecule has 0 unspecified atom stereocenters. The van der Waals surface area contributed by atoms with Crippen LogP contribution in [0.15, 0.2) is 46.9 Å². The highest BCUT2D eigenvalue weighted by atomic mass is 127. The summed E-state index contributed by atoms with van der Waals surface area (Å²) in [7, 11) is 0. The highest BCUT2D eigenvalue weighted by molar-refractivity contribution is 14.1. The highest BCUT2D eigenvalue weighted by Crippen LogP contribution is 2.19. The van der Waals surface area contributed by atoms with Crippen LogP contribution in [0.25, 0.3) is 0 Å². The number of anilines is 1. The van der Waals surface area contributed by atoms with Crippen molar-refractivity contribution >= 4 is 44.2 Å². The fourth-order valence-corrected chi connectivity index (χ4v) is 2.52. The molecular formula is C14H13BrIN. The smallest absolute Gasteiger partial charge is 0.0401 e. The number of rotatable bonds is 3. The molecule has 88 valence electrons. The maximum Gasteiger partial charge on any atom is 0.0401 e. The number of hydrogen-bond acceptors (Lipinski definition) is 1. The lowest BCUT2D eigenvalue weighted by molar-refractivity contribution is 1.14. The lowest BCUT2D eigenvalue weighted by atomic mass is 10.1. The van der Waals surface area contributed by atoms with Gasteiger partial charge in [0.1, 0.15) is 0 Å². The minimum atomic E-state index is 0.846. The normalized spacial score (nSPS) is 10.3. The first-order valence-corrected chi connectivity index (χ1v) is 7.27. The summed E-state index contributed by atoms with van der Waals surface area (Å²) in [6.45, 7) is 2.94. The van der Waals surface area contributed by atoms with Crippen molar-refractivity contribution in [2.75, 3.05) is 5.32 Å². The van der Waals surface area contributed by atoms with Gasteiger partial charge in [0.2, 0.25) is 0 Å². The first kappa shape index (κ1) is 12.9. The second kappa shape index (κ2) is 5.87. The van der Waals surface area contributed by atoms with E-state index in [9.17, 15) is 0 Å². The number of benzene rings is 2. The summed E-state index contributed by atoms with van der Waals surface area (Å²) in [4.78, 5) is 0. The van der Waals surface area contributed by atoms with Gasteiger partial charge in [-0.05, 0) is 64.9 Å². The van der Waals surface area contributed by atoms with Gasteiger partial charge in [0.15, 0.2) is 0 Å². The summed E-state index contributed by atoms with van der Waals surface area (Å²) in [6.07, 6.45) is 0. The van der Waals surface area contributed by atoms with Gasteiger partial charge in [-0.15, -0.1) is 0 Å². The third-order valence-corrected chi connectivity index (χ3v) is 4.08. The molecule has 3 heteroatoms. The number of hydrogen-bond donors (Lipinski definition) is 1. The third kappa shape index (κ3) is 3.71. The monoisotopic (exact) mass is 401 g/mol. The molecule has 0 aliphatic rings. The number of nitrogens with one attached hydrogen (secondary N) is 1. The fourth-order valence-electron chi connectivity index (χ4n) is 1.55. The zero-order chi connectivity index (χ0) is 12.3. The molecule has 0 aliphatic carbocycles. The average molecular weight is 402 g/mol. The van der Waals surface area contributed by atoms with E-state index in [1.807, 2.05) is 0 Å². The van der Waals surface area contributed by atoms with Crippen LogP contribution in [0.2, 0.25) is 0 Å². The molecule has 0 spiro atoms. The lowest BCUT2D eigenvalue weighted by Gasteiger charge is -2.08. The number of aryl methyl sites for hydroxylation is 1. The third-order valence-electron chi connectivity index (χ3n) is 2.56. The Morgan fingerprint density at radius 3 is 2.71 bits per heavy atom. The minimum Gasteiger partial charge on any atom is -0.381 e. The molecule has 0 heterocycles. The first-order valence-electron chi connectivity index (χ1n) is 5.39. The van der Waals surface area contributed by atoms with E-state index < -0.39 is 0 Å². The van der Waals surface area contributed by atoms with Gasteiger partial charge in [-0.2, -0.15) is 0 Å². The Morgan fingerprint density at radius 2 is 2.00 bits per heavy atom. The van der Waals surface area contributed by atoms with Crippen LogP contribution in [-0.4, -0.2) is 0 Å². The van der Waals surface area contributed by atoms with E-state index >= 15 is 0 Å². The van der Waals surface area contributed by atoms with Crippen molar-refractivity contribution in [1.82, 2.24) is 0 Å². The molecule has 2 aromatic rings. The van der Waals surface area contributed by atoms with Gasteiger partial charge in [-0.1, -0.05) is 34.1 Å². The second-order valence-electron chi connectivity index (χ2n) is 3.95. The van der Waals surface area contributed by atoms with Gasteiger partial charge in [-0.3, -0.25) is 0 Å². The molecule has 2 rings (SSSR count). The van der Waals surface area contributed by atoms with Crippen LogP contribution in [0, 0.1) is 10.5 Å². The Balaban J connectivity index is 2.05. The van der Waals surface area contributed by atoms with Crippen LogP contribution in [0.5, 0.6) is 0 Å². The van der Waals surface area contributed by atoms with Gasteiger partial charge in [0.05, 0.1) is 0 Å². The van der Waals surface area contributed by atoms with Crippen LogP contribution < -0.4 is 5.32 Å². The molecule has 0 saturated carbocycles. The molecule has 0 fully saturated rings. The summed E-state index contributed by atoms with van der Waals surface area (Å²) in [6, 6.07) is 14.8. The topological polar surface area (TPSA) is 12.0 Å². The summed E-state index contributed by atoms with van der Waals surface area (Å²) in [5.74, 6) is 0. The van der Waals surface area contributed by atoms with Crippen molar-refractivity contribution in [3.63, 3.8) is 0 Å². The molecule has 2 aromatic carbocycles. The molecule has 0 amide bonds. The molecule has 0 aromatic heterocycles. The van der Waals surface area contributed by atoms with Gasteiger partial charge in [0.25, 0.3) is 0 Å². The van der Waals surface area contributed by atoms with Crippen molar-refractivity contribution in [3.8, 4) is 0 Å². The highest BCUT2D eigenvalue weighted by Gasteiger charge is 1.98. The van der Waals surface area contributed by atoms with Crippen LogP contribution in [0.1, 0.15) is 11.1 Å². The van der Waals surface area contributed by atoms with Crippen LogP contribution in [-0.2, 0) is 6.54 Å². The van der Waals surface area contributed by atoms with Gasteiger partial charge in [-0.25, -0.2) is 0 Å². The predicted molar refractivity (Wildman–Crippen MR) is 85.4 cm³/mol. The predicted octanol–water partition coefficient (Wildman–Crippen LogP) is 4.97. The van der Waals surface area contributed by atoms with E-state index in [4.69, 9.17) is 0 Å². The summed E-state index contributed by atoms with van der Waals surface area (Å²) < 4.78 is 2.41. The van der Waals surface area contributed by atoms with Crippen LogP contribution in [0.3, 0.4) is 0 Å². The first-order chi connectivity index (χ1) is 8.15. The maximum absolute atomic E-state index is 3.55. The van der Waals surface area contributed by atoms with E-state index in [0.717, 1.165) is 12.2 Å². The largest absolute Gasteiger partial charge is 0.381 e. The maximum atomic E-state index is 3.55. The summed E-state index contributed by atoms with van der Waals surface area (Å²) >= 11 is 5.88. The molecule has 0 bridgehead atoms. The summed E-state index contributed by atoms with van der Waals surface area (Å²) in [5.41, 5.74) is 3.71. The Kier molecular flexibility index (Phi) is 4.45. The molecule has 17 heavy (non-hydrogen) atoms. The number of halogens is 2. The fraction of sp³-hybridized carbons (Fsp3) is 0.143. The Hall–Kier alpha value is -0.550. The van der Waals surface area contributed by atoms with Crippen molar-refractivity contribution in [1.29, 1.82) is 0 Å². The zero-order valence-electron chi connectivity index (χ0n) is 9.50. The molecule has 0 aliphatic heterocycles. The molecular weight excluding hydrogens is 389 g/mol. The van der Waals surface area contributed by atoms with Gasteiger partial charge in [0, 0.05) is 20.3 Å². The summed E-state index contributed by atoms with van der Waals surface area (Å²) in [5, 5.41) is 3.42. The lowest BCUT2D eigenvalue weighted by Crippen LogP contribution is -1.99. The van der Waals surface area contributed by atoms with Crippen LogP contribution >= 0.6 is 38.5 Å². The quantitative estimate of drug-likeness (QED) is 0.715. The van der Waals surface area contributed by atoms with Crippen LogP contribution in [0.4, 0.5) is 5.69 Å². The van der Waals surface area contributed by atoms with Gasteiger partial charge < -0.3 is 5.32 Å². The van der Waals surface area contributed by atoms with Gasteiger partial charge >= 0.3 is 0 Å². The van der Waals surface area contributed by atoms with E-state index in [0.29, 0.717) is 0 Å². The average Bonchev–Trinajstić information content (AvgIpc) is 2.31. The molecule has 0 saturated heterocycles. The van der Waals surface area contributed by atoms with E-state index in [2.05, 4.69) is 93.2 Å². The van der Waals surface area contributed by atoms with Crippen molar-refractivity contribution < 1.29 is 0 Å². The van der Waals surface area contributed by atoms with Crippen molar-refractivity contribution in [2.24, 2.45) is 0 Å². The molecule has 1 N–H and O–H groups in total.